The van der Waals surface area contributed by atoms with Crippen molar-refractivity contribution in [2.75, 3.05) is 0 Å². The predicted octanol–water partition coefficient (Wildman–Crippen LogP) is 4.57. The summed E-state index contributed by atoms with van der Waals surface area (Å²) in [6.45, 7) is 0. The van der Waals surface area contributed by atoms with Crippen LogP contribution in [0.25, 0.3) is 16.7 Å². The molecule has 2 heterocycles. The first kappa shape index (κ1) is 16.5. The van der Waals surface area contributed by atoms with Crippen molar-refractivity contribution >= 4 is 11.0 Å². The maximum Gasteiger partial charge on any atom is 0.573 e. The van der Waals surface area contributed by atoms with Crippen LogP contribution < -0.4 is 4.74 Å². The SMILES string of the molecule is C#Cc1ccnc2c1c(C1CCC1)nn2-c1ccc(OC(F)(F)F)cc1. The zero-order chi connectivity index (χ0) is 18.3. The second kappa shape index (κ2) is 6.06. The minimum absolute atomic E-state index is 0.283. The number of alkyl halides is 3. The lowest BCUT2D eigenvalue weighted by molar-refractivity contribution is -0.274. The van der Waals surface area contributed by atoms with E-state index in [0.29, 0.717) is 17.3 Å². The molecule has 0 N–H and O–H groups in total. The number of fused-ring (bicyclic) bond motifs is 1. The molecule has 0 aliphatic heterocycles. The third-order valence-corrected chi connectivity index (χ3v) is 4.56. The monoisotopic (exact) mass is 357 g/mol. The second-order valence-corrected chi connectivity index (χ2v) is 6.17. The van der Waals surface area contributed by atoms with E-state index in [1.54, 1.807) is 16.9 Å². The summed E-state index contributed by atoms with van der Waals surface area (Å²) in [7, 11) is 0. The first-order valence-electron chi connectivity index (χ1n) is 8.17. The first-order chi connectivity index (χ1) is 12.5. The molecule has 3 aromatic rings. The van der Waals surface area contributed by atoms with Crippen molar-refractivity contribution in [2.24, 2.45) is 0 Å². The van der Waals surface area contributed by atoms with Gasteiger partial charge in [-0.15, -0.1) is 19.6 Å². The molecule has 4 nitrogen and oxygen atoms in total. The minimum Gasteiger partial charge on any atom is -0.406 e. The van der Waals surface area contributed by atoms with Crippen molar-refractivity contribution < 1.29 is 17.9 Å². The van der Waals surface area contributed by atoms with E-state index in [-0.39, 0.29) is 5.75 Å². The van der Waals surface area contributed by atoms with Crippen LogP contribution in [0.1, 0.15) is 36.4 Å². The van der Waals surface area contributed by atoms with E-state index in [0.717, 1.165) is 35.9 Å². The summed E-state index contributed by atoms with van der Waals surface area (Å²) in [5, 5.41) is 5.53. The highest BCUT2D eigenvalue weighted by atomic mass is 19.4. The summed E-state index contributed by atoms with van der Waals surface area (Å²) in [6, 6.07) is 7.32. The molecule has 0 bridgehead atoms. The van der Waals surface area contributed by atoms with Gasteiger partial charge < -0.3 is 4.74 Å². The van der Waals surface area contributed by atoms with Gasteiger partial charge in [0.2, 0.25) is 0 Å². The summed E-state index contributed by atoms with van der Waals surface area (Å²) < 4.78 is 42.5. The molecule has 132 valence electrons. The number of pyridine rings is 1. The Labute approximate surface area is 147 Å². The number of nitrogens with zero attached hydrogens (tertiary/aromatic N) is 3. The standard InChI is InChI=1S/C19H14F3N3O/c1-2-12-10-11-23-18-16(12)17(13-4-3-5-13)24-25(18)14-6-8-15(9-7-14)26-19(20,21)22/h1,6-11,13H,3-5H2. The number of rotatable bonds is 3. The highest BCUT2D eigenvalue weighted by Gasteiger charge is 2.31. The molecule has 0 spiro atoms. The van der Waals surface area contributed by atoms with Crippen LogP contribution in [0.5, 0.6) is 5.75 Å². The molecule has 1 aliphatic rings. The normalized spacial score (nSPS) is 14.8. The van der Waals surface area contributed by atoms with Crippen LogP contribution in [-0.4, -0.2) is 21.1 Å². The van der Waals surface area contributed by atoms with Gasteiger partial charge in [0.25, 0.3) is 0 Å². The molecular weight excluding hydrogens is 343 g/mol. The molecular formula is C19H14F3N3O. The van der Waals surface area contributed by atoms with Gasteiger partial charge >= 0.3 is 6.36 Å². The summed E-state index contributed by atoms with van der Waals surface area (Å²) in [5.41, 5.74) is 2.83. The van der Waals surface area contributed by atoms with Crippen LogP contribution >= 0.6 is 0 Å². The third kappa shape index (κ3) is 2.88. The van der Waals surface area contributed by atoms with E-state index in [1.165, 1.54) is 24.3 Å². The minimum atomic E-state index is -4.72. The number of benzene rings is 1. The molecule has 0 atom stereocenters. The van der Waals surface area contributed by atoms with Crippen molar-refractivity contribution in [2.45, 2.75) is 31.5 Å². The quantitative estimate of drug-likeness (QED) is 0.645. The van der Waals surface area contributed by atoms with Crippen LogP contribution in [0, 0.1) is 12.3 Å². The van der Waals surface area contributed by atoms with E-state index < -0.39 is 6.36 Å². The highest BCUT2D eigenvalue weighted by molar-refractivity contribution is 5.86. The van der Waals surface area contributed by atoms with Crippen LogP contribution in [-0.2, 0) is 0 Å². The highest BCUT2D eigenvalue weighted by Crippen LogP contribution is 2.40. The van der Waals surface area contributed by atoms with Gasteiger partial charge in [0.15, 0.2) is 5.65 Å². The van der Waals surface area contributed by atoms with Gasteiger partial charge in [-0.3, -0.25) is 0 Å². The number of terminal acetylenes is 1. The Morgan fingerprint density at radius 2 is 1.88 bits per heavy atom. The lowest BCUT2D eigenvalue weighted by Crippen LogP contribution is -2.17. The average Bonchev–Trinajstić information content (AvgIpc) is 2.92. The number of hydrogen-bond donors (Lipinski definition) is 0. The Kier molecular flexibility index (Phi) is 3.83. The third-order valence-electron chi connectivity index (χ3n) is 4.56. The summed E-state index contributed by atoms with van der Waals surface area (Å²) in [6.07, 6.45) is 5.76. The zero-order valence-electron chi connectivity index (χ0n) is 13.6. The average molecular weight is 357 g/mol. The summed E-state index contributed by atoms with van der Waals surface area (Å²) >= 11 is 0. The Hall–Kier alpha value is -3.01. The van der Waals surface area contributed by atoms with Crippen LogP contribution in [0.15, 0.2) is 36.5 Å². The molecule has 1 fully saturated rings. The maximum absolute atomic E-state index is 12.3. The fourth-order valence-corrected chi connectivity index (χ4v) is 3.13. The molecule has 1 saturated carbocycles. The van der Waals surface area contributed by atoms with Crippen molar-refractivity contribution in [3.63, 3.8) is 0 Å². The van der Waals surface area contributed by atoms with Gasteiger partial charge in [0.1, 0.15) is 5.75 Å². The Morgan fingerprint density at radius 1 is 1.15 bits per heavy atom. The fraction of sp³-hybridized carbons (Fsp3) is 0.263. The van der Waals surface area contributed by atoms with Gasteiger partial charge in [-0.25, -0.2) is 9.67 Å². The van der Waals surface area contributed by atoms with E-state index in [1.807, 2.05) is 0 Å². The Balaban J connectivity index is 1.81. The van der Waals surface area contributed by atoms with Crippen molar-refractivity contribution in [1.29, 1.82) is 0 Å². The molecule has 1 aliphatic carbocycles. The van der Waals surface area contributed by atoms with Crippen molar-refractivity contribution in [3.05, 3.63) is 47.8 Å². The largest absolute Gasteiger partial charge is 0.573 e. The molecule has 0 amide bonds. The number of halogens is 3. The molecule has 7 heteroatoms. The van der Waals surface area contributed by atoms with Crippen LogP contribution in [0.4, 0.5) is 13.2 Å². The zero-order valence-corrected chi connectivity index (χ0v) is 13.6. The molecule has 26 heavy (non-hydrogen) atoms. The maximum atomic E-state index is 12.3. The van der Waals surface area contributed by atoms with Crippen molar-refractivity contribution in [1.82, 2.24) is 14.8 Å². The summed E-state index contributed by atoms with van der Waals surface area (Å²) in [4.78, 5) is 4.40. The smallest absolute Gasteiger partial charge is 0.406 e. The molecule has 4 rings (SSSR count). The van der Waals surface area contributed by atoms with Crippen LogP contribution in [0.2, 0.25) is 0 Å². The van der Waals surface area contributed by atoms with Crippen molar-refractivity contribution in [3.8, 4) is 23.8 Å². The van der Waals surface area contributed by atoms with Gasteiger partial charge in [0.05, 0.1) is 16.8 Å². The first-order valence-corrected chi connectivity index (χ1v) is 8.17. The number of aromatic nitrogens is 3. The molecule has 2 aromatic heterocycles. The van der Waals surface area contributed by atoms with Gasteiger partial charge in [0, 0.05) is 17.7 Å². The van der Waals surface area contributed by atoms with E-state index >= 15 is 0 Å². The fourth-order valence-electron chi connectivity index (χ4n) is 3.13. The number of hydrogen-bond acceptors (Lipinski definition) is 3. The van der Waals surface area contributed by atoms with E-state index in [9.17, 15) is 13.2 Å². The predicted molar refractivity (Wildman–Crippen MR) is 90.1 cm³/mol. The van der Waals surface area contributed by atoms with Gasteiger partial charge in [-0.2, -0.15) is 5.10 Å². The molecule has 0 unspecified atom stereocenters. The van der Waals surface area contributed by atoms with E-state index in [4.69, 9.17) is 11.5 Å². The summed E-state index contributed by atoms with van der Waals surface area (Å²) in [5.74, 6) is 2.73. The van der Waals surface area contributed by atoms with E-state index in [2.05, 4.69) is 15.6 Å². The Bertz CT molecular complexity index is 996. The Morgan fingerprint density at radius 3 is 2.46 bits per heavy atom. The van der Waals surface area contributed by atoms with Gasteiger partial charge in [-0.1, -0.05) is 12.3 Å². The second-order valence-electron chi connectivity index (χ2n) is 6.17. The number of ether oxygens (including phenoxy) is 1. The molecule has 1 aromatic carbocycles. The van der Waals surface area contributed by atoms with Crippen LogP contribution in [0.3, 0.4) is 0 Å². The topological polar surface area (TPSA) is 39.9 Å². The lowest BCUT2D eigenvalue weighted by Gasteiger charge is -2.23. The molecule has 0 saturated heterocycles. The molecule has 0 radical (unpaired) electrons. The van der Waals surface area contributed by atoms with Gasteiger partial charge in [-0.05, 0) is 43.2 Å². The lowest BCUT2D eigenvalue weighted by atomic mass is 9.81.